The number of thioether (sulfide) groups is 1. The van der Waals surface area contributed by atoms with Crippen molar-refractivity contribution in [1.82, 2.24) is 14.9 Å². The van der Waals surface area contributed by atoms with Gasteiger partial charge in [-0.1, -0.05) is 54.4 Å². The summed E-state index contributed by atoms with van der Waals surface area (Å²) in [5.41, 5.74) is 6.02. The molecule has 1 aliphatic carbocycles. The average Bonchev–Trinajstić information content (AvgIpc) is 2.88. The van der Waals surface area contributed by atoms with E-state index in [1.165, 1.54) is 31.2 Å². The molecule has 0 radical (unpaired) electrons. The number of nitrogens with zero attached hydrogens (tertiary/aromatic N) is 3. The highest BCUT2D eigenvalue weighted by Gasteiger charge is 2.33. The van der Waals surface area contributed by atoms with Gasteiger partial charge in [-0.3, -0.25) is 0 Å². The summed E-state index contributed by atoms with van der Waals surface area (Å²) in [5.74, 6) is 0.927. The van der Waals surface area contributed by atoms with Crippen LogP contribution in [0.15, 0.2) is 29.4 Å². The fraction of sp³-hybridized carbons (Fsp3) is 0.467. The highest BCUT2D eigenvalue weighted by Crippen LogP contribution is 2.38. The normalized spacial score (nSPS) is 24.6. The van der Waals surface area contributed by atoms with Gasteiger partial charge in [0.05, 0.1) is 6.04 Å². The number of aryl methyl sites for hydroxylation is 1. The molecule has 2 unspecified atom stereocenters. The van der Waals surface area contributed by atoms with E-state index in [0.717, 1.165) is 16.5 Å². The van der Waals surface area contributed by atoms with E-state index in [0.29, 0.717) is 11.3 Å². The Labute approximate surface area is 123 Å². The Morgan fingerprint density at radius 1 is 1.15 bits per heavy atom. The Kier molecular flexibility index (Phi) is 2.95. The summed E-state index contributed by atoms with van der Waals surface area (Å²) >= 11 is 1.89. The van der Waals surface area contributed by atoms with Gasteiger partial charge in [0, 0.05) is 10.8 Å². The lowest BCUT2D eigenvalue weighted by atomic mass is 9.95. The number of aromatic nitrogens is 3. The predicted octanol–water partition coefficient (Wildman–Crippen LogP) is 3.21. The molecule has 2 aliphatic rings. The molecule has 4 nitrogen and oxygen atoms in total. The highest BCUT2D eigenvalue weighted by molar-refractivity contribution is 7.99. The number of benzene rings is 1. The SMILES string of the molecule is Cc1ccc(-c2nnc3n2NC2CCCCC2S3)cc1. The van der Waals surface area contributed by atoms with Crippen molar-refractivity contribution in [1.29, 1.82) is 0 Å². The van der Waals surface area contributed by atoms with Crippen molar-refractivity contribution < 1.29 is 0 Å². The minimum absolute atomic E-state index is 0.557. The van der Waals surface area contributed by atoms with Crippen molar-refractivity contribution in [3.63, 3.8) is 0 Å². The van der Waals surface area contributed by atoms with Gasteiger partial charge in [0.1, 0.15) is 0 Å². The van der Waals surface area contributed by atoms with Crippen LogP contribution in [0.2, 0.25) is 0 Å². The minimum atomic E-state index is 0.557. The van der Waals surface area contributed by atoms with E-state index in [4.69, 9.17) is 0 Å². The smallest absolute Gasteiger partial charge is 0.210 e. The highest BCUT2D eigenvalue weighted by atomic mass is 32.2. The summed E-state index contributed by atoms with van der Waals surface area (Å²) in [6, 6.07) is 9.03. The molecule has 1 aliphatic heterocycles. The zero-order valence-corrected chi connectivity index (χ0v) is 12.4. The van der Waals surface area contributed by atoms with Crippen LogP contribution in [0.3, 0.4) is 0 Å². The third-order valence-electron chi connectivity index (χ3n) is 4.20. The van der Waals surface area contributed by atoms with Crippen molar-refractivity contribution >= 4 is 11.8 Å². The summed E-state index contributed by atoms with van der Waals surface area (Å²) in [5, 5.41) is 10.4. The molecule has 0 saturated heterocycles. The van der Waals surface area contributed by atoms with E-state index in [9.17, 15) is 0 Å². The Morgan fingerprint density at radius 2 is 1.95 bits per heavy atom. The number of hydrogen-bond acceptors (Lipinski definition) is 4. The van der Waals surface area contributed by atoms with Crippen LogP contribution in [0.4, 0.5) is 0 Å². The molecule has 0 bridgehead atoms. The first-order chi connectivity index (χ1) is 9.81. The first kappa shape index (κ1) is 12.3. The van der Waals surface area contributed by atoms with Crippen LogP contribution < -0.4 is 5.43 Å². The molecular formula is C15H18N4S. The maximum absolute atomic E-state index is 4.39. The van der Waals surface area contributed by atoms with Crippen molar-refractivity contribution in [3.8, 4) is 11.4 Å². The van der Waals surface area contributed by atoms with Gasteiger partial charge in [-0.15, -0.1) is 10.2 Å². The lowest BCUT2D eigenvalue weighted by Crippen LogP contribution is -2.42. The van der Waals surface area contributed by atoms with Gasteiger partial charge in [0.15, 0.2) is 5.82 Å². The van der Waals surface area contributed by atoms with Gasteiger partial charge >= 0.3 is 0 Å². The summed E-state index contributed by atoms with van der Waals surface area (Å²) in [6.07, 6.45) is 5.21. The van der Waals surface area contributed by atoms with Crippen LogP contribution in [-0.2, 0) is 0 Å². The van der Waals surface area contributed by atoms with Gasteiger partial charge in [0.2, 0.25) is 5.16 Å². The van der Waals surface area contributed by atoms with Crippen LogP contribution >= 0.6 is 11.8 Å². The first-order valence-corrected chi connectivity index (χ1v) is 8.15. The van der Waals surface area contributed by atoms with E-state index >= 15 is 0 Å². The third-order valence-corrected chi connectivity index (χ3v) is 5.54. The Morgan fingerprint density at radius 3 is 2.80 bits per heavy atom. The molecule has 1 N–H and O–H groups in total. The number of nitrogens with one attached hydrogen (secondary N) is 1. The van der Waals surface area contributed by atoms with Crippen LogP contribution in [0, 0.1) is 6.92 Å². The van der Waals surface area contributed by atoms with E-state index in [-0.39, 0.29) is 0 Å². The monoisotopic (exact) mass is 286 g/mol. The standard InChI is InChI=1S/C15H18N4S/c1-10-6-8-11(9-7-10)14-16-17-15-19(14)18-12-4-2-3-5-13(12)20-15/h6-9,12-13,18H,2-5H2,1H3. The predicted molar refractivity (Wildman–Crippen MR) is 81.5 cm³/mol. The minimum Gasteiger partial charge on any atom is -0.318 e. The van der Waals surface area contributed by atoms with Crippen molar-refractivity contribution in [2.45, 2.75) is 49.1 Å². The zero-order valence-electron chi connectivity index (χ0n) is 11.5. The lowest BCUT2D eigenvalue weighted by molar-refractivity contribution is 0.432. The van der Waals surface area contributed by atoms with Crippen molar-refractivity contribution in [2.24, 2.45) is 0 Å². The van der Waals surface area contributed by atoms with Gasteiger partial charge < -0.3 is 5.43 Å². The second-order valence-corrected chi connectivity index (χ2v) is 6.89. The molecule has 1 aromatic carbocycles. The molecule has 2 aromatic rings. The summed E-state index contributed by atoms with van der Waals surface area (Å²) in [6.45, 7) is 2.10. The Bertz CT molecular complexity index is 619. The molecule has 2 atom stereocenters. The second kappa shape index (κ2) is 4.81. The molecule has 1 fully saturated rings. The Hall–Kier alpha value is -1.49. The lowest BCUT2D eigenvalue weighted by Gasteiger charge is -2.36. The van der Waals surface area contributed by atoms with Crippen LogP contribution in [0.1, 0.15) is 31.2 Å². The number of fused-ring (bicyclic) bond motifs is 2. The van der Waals surface area contributed by atoms with Crippen LogP contribution in [-0.4, -0.2) is 26.2 Å². The second-order valence-electron chi connectivity index (χ2n) is 5.68. The molecule has 20 heavy (non-hydrogen) atoms. The topological polar surface area (TPSA) is 42.7 Å². The maximum atomic E-state index is 4.39. The van der Waals surface area contributed by atoms with E-state index in [1.807, 2.05) is 11.8 Å². The molecular weight excluding hydrogens is 268 g/mol. The van der Waals surface area contributed by atoms with Crippen LogP contribution in [0.5, 0.6) is 0 Å². The summed E-state index contributed by atoms with van der Waals surface area (Å²) in [7, 11) is 0. The molecule has 1 aromatic heterocycles. The van der Waals surface area contributed by atoms with Gasteiger partial charge in [-0.2, -0.15) is 0 Å². The van der Waals surface area contributed by atoms with Gasteiger partial charge in [-0.25, -0.2) is 4.68 Å². The van der Waals surface area contributed by atoms with Crippen LogP contribution in [0.25, 0.3) is 11.4 Å². The molecule has 1 saturated carbocycles. The average molecular weight is 286 g/mol. The fourth-order valence-corrected chi connectivity index (χ4v) is 4.29. The first-order valence-electron chi connectivity index (χ1n) is 7.27. The number of hydrogen-bond donors (Lipinski definition) is 1. The van der Waals surface area contributed by atoms with Crippen molar-refractivity contribution in [3.05, 3.63) is 29.8 Å². The zero-order chi connectivity index (χ0) is 13.5. The quantitative estimate of drug-likeness (QED) is 0.874. The van der Waals surface area contributed by atoms with E-state index < -0.39 is 0 Å². The van der Waals surface area contributed by atoms with Gasteiger partial charge in [0.25, 0.3) is 0 Å². The summed E-state index contributed by atoms with van der Waals surface area (Å²) in [4.78, 5) is 0. The molecule has 0 spiro atoms. The third kappa shape index (κ3) is 2.00. The van der Waals surface area contributed by atoms with E-state index in [2.05, 4.69) is 51.5 Å². The molecule has 0 amide bonds. The molecule has 4 rings (SSSR count). The maximum Gasteiger partial charge on any atom is 0.210 e. The Balaban J connectivity index is 1.70. The van der Waals surface area contributed by atoms with Gasteiger partial charge in [-0.05, 0) is 19.8 Å². The van der Waals surface area contributed by atoms with E-state index in [1.54, 1.807) is 0 Å². The largest absolute Gasteiger partial charge is 0.318 e. The molecule has 104 valence electrons. The van der Waals surface area contributed by atoms with Crippen molar-refractivity contribution in [2.75, 3.05) is 5.43 Å². The fourth-order valence-electron chi connectivity index (χ4n) is 3.04. The summed E-state index contributed by atoms with van der Waals surface area (Å²) < 4.78 is 2.09. The number of rotatable bonds is 1. The molecule has 2 heterocycles. The molecule has 5 heteroatoms.